The molecular weight excluding hydrogens is 884 g/mol. The van der Waals surface area contributed by atoms with Gasteiger partial charge in [-0.25, -0.2) is 4.98 Å². The van der Waals surface area contributed by atoms with Crippen LogP contribution in [0, 0.1) is 44.7 Å². The molecule has 7 aromatic rings. The van der Waals surface area contributed by atoms with Crippen LogP contribution >= 0.6 is 0 Å². The predicted octanol–water partition coefficient (Wildman–Crippen LogP) is 12.8. The van der Waals surface area contributed by atoms with Gasteiger partial charge in [0.15, 0.2) is 0 Å². The van der Waals surface area contributed by atoms with Crippen LogP contribution in [0.2, 0.25) is 0 Å². The van der Waals surface area contributed by atoms with Crippen molar-refractivity contribution >= 4 is 21.8 Å². The van der Waals surface area contributed by atoms with Gasteiger partial charge in [0.1, 0.15) is 11.6 Å². The Bertz CT molecular complexity index is 2500. The Morgan fingerprint density at radius 1 is 0.789 bits per heavy atom. The Labute approximate surface area is 353 Å². The number of ether oxygens (including phenoxy) is 2. The second-order valence-corrected chi connectivity index (χ2v) is 16.8. The van der Waals surface area contributed by atoms with E-state index in [1.807, 2.05) is 28.9 Å². The molecule has 0 saturated carbocycles. The normalized spacial score (nSPS) is 12.8. The monoisotopic (exact) mass is 939 g/mol. The average Bonchev–Trinajstić information content (AvgIpc) is 3.81. The van der Waals surface area contributed by atoms with Crippen LogP contribution in [0.3, 0.4) is 0 Å². The van der Waals surface area contributed by atoms with E-state index in [2.05, 4.69) is 135 Å². The smallest absolute Gasteiger partial charge is 0.509 e. The van der Waals surface area contributed by atoms with Crippen LogP contribution in [-0.4, -0.2) is 26.4 Å². The Kier molecular flexibility index (Phi) is 12.5. The third-order valence-electron chi connectivity index (χ3n) is 11.9. The Morgan fingerprint density at radius 2 is 1.47 bits per heavy atom. The second-order valence-electron chi connectivity index (χ2n) is 16.8. The molecule has 3 aromatic heterocycles. The number of fused-ring (bicyclic) bond motifs is 3. The summed E-state index contributed by atoms with van der Waals surface area (Å²) >= 11 is 0. The minimum Gasteiger partial charge on any atom is -0.509 e. The van der Waals surface area contributed by atoms with Gasteiger partial charge < -0.3 is 14.0 Å². The van der Waals surface area contributed by atoms with Crippen molar-refractivity contribution in [1.82, 2.24) is 19.3 Å². The molecule has 0 saturated heterocycles. The summed E-state index contributed by atoms with van der Waals surface area (Å²) in [6, 6.07) is 27.7. The van der Waals surface area contributed by atoms with Crippen LogP contribution in [0.5, 0.6) is 17.2 Å². The summed E-state index contributed by atoms with van der Waals surface area (Å²) in [6.07, 6.45) is 10.4. The van der Waals surface area contributed by atoms with Crippen LogP contribution in [0.4, 0.5) is 0 Å². The van der Waals surface area contributed by atoms with E-state index in [9.17, 15) is 0 Å². The summed E-state index contributed by atoms with van der Waals surface area (Å²) < 4.78 is 16.3. The van der Waals surface area contributed by atoms with E-state index in [0.717, 1.165) is 75.9 Å². The van der Waals surface area contributed by atoms with E-state index in [-0.39, 0.29) is 26.5 Å². The number of pyridine rings is 1. The Balaban J connectivity index is 0.00000549. The quantitative estimate of drug-likeness (QED) is 0.115. The average molecular weight is 940 g/mol. The number of hydrogen-bond donors (Lipinski definition) is 0. The molecule has 2 atom stereocenters. The first-order valence-corrected chi connectivity index (χ1v) is 20.2. The fourth-order valence-corrected chi connectivity index (χ4v) is 7.80. The summed E-state index contributed by atoms with van der Waals surface area (Å²) in [6.45, 7) is 22.9. The molecule has 0 fully saturated rings. The maximum Gasteiger partial charge on any atom is 2.00 e. The van der Waals surface area contributed by atoms with Gasteiger partial charge in [-0.15, -0.1) is 41.3 Å². The van der Waals surface area contributed by atoms with Gasteiger partial charge in [-0.2, -0.15) is 11.2 Å². The molecule has 2 unspecified atom stereocenters. The van der Waals surface area contributed by atoms with Gasteiger partial charge >= 0.3 is 21.1 Å². The van der Waals surface area contributed by atoms with E-state index in [0.29, 0.717) is 23.3 Å². The molecule has 0 bridgehead atoms. The maximum atomic E-state index is 6.69. The number of aromatic nitrogens is 4. The van der Waals surface area contributed by atoms with Gasteiger partial charge in [-0.1, -0.05) is 85.0 Å². The fraction of sp³-hybridized carbons (Fsp3) is 0.360. The van der Waals surface area contributed by atoms with Gasteiger partial charge in [0, 0.05) is 41.0 Å². The molecule has 0 spiro atoms. The molecular formula is C50H56N4O2Pt. The Hall–Kier alpha value is -4.67. The van der Waals surface area contributed by atoms with Gasteiger partial charge in [0.25, 0.3) is 0 Å². The third kappa shape index (κ3) is 8.35. The topological polar surface area (TPSA) is 54.1 Å². The largest absolute Gasteiger partial charge is 2.00 e. The second kappa shape index (κ2) is 17.0. The first-order chi connectivity index (χ1) is 26.8. The number of methoxy groups -OCH3 is 1. The summed E-state index contributed by atoms with van der Waals surface area (Å²) in [7, 11) is 1.67. The number of benzene rings is 4. The zero-order valence-corrected chi connectivity index (χ0v) is 37.7. The Morgan fingerprint density at radius 3 is 2.12 bits per heavy atom. The SMILES string of the molecule is CCC(C)Cc1c(C)c(C)c(C)c(CC(C)CC)c1-c1cnn(-c2[c-]c(Oc3[c-]c4c(cc3)c3ccccc3n4-c3cc(OC)ccn3)cc(C(C)(C)C)c2)c1.[Pt+2]. The van der Waals surface area contributed by atoms with E-state index < -0.39 is 0 Å². The first-order valence-electron chi connectivity index (χ1n) is 20.2. The van der Waals surface area contributed by atoms with E-state index in [1.165, 1.54) is 33.4 Å². The van der Waals surface area contributed by atoms with Crippen LogP contribution in [0.25, 0.3) is 44.4 Å². The molecule has 7 rings (SSSR count). The van der Waals surface area contributed by atoms with Crippen molar-refractivity contribution in [2.45, 2.75) is 100 Å². The molecule has 298 valence electrons. The molecule has 0 aliphatic heterocycles. The third-order valence-corrected chi connectivity index (χ3v) is 11.9. The predicted molar refractivity (Wildman–Crippen MR) is 231 cm³/mol. The van der Waals surface area contributed by atoms with Crippen LogP contribution < -0.4 is 9.47 Å². The van der Waals surface area contributed by atoms with E-state index >= 15 is 0 Å². The van der Waals surface area contributed by atoms with Gasteiger partial charge in [0.05, 0.1) is 13.3 Å². The van der Waals surface area contributed by atoms with Crippen molar-refractivity contribution in [3.8, 4) is 39.9 Å². The minimum absolute atomic E-state index is 0. The van der Waals surface area contributed by atoms with Gasteiger partial charge in [-0.05, 0) is 107 Å². The standard InChI is InChI=1S/C50H56N4O2.Pt/c1-12-31(3)22-44-34(6)33(5)35(7)45(23-32(4)13-2)49(44)36-29-52-53(30-36)38-24-37(50(8,9)10)25-41(26-38)56-40-18-19-43-42-16-14-15-17-46(42)54(47(43)27-40)48-28-39(55-11)20-21-51-48;/h14-21,24-25,28-32H,12-13,22-23H2,1-11H3;/q-2;+2. The summed E-state index contributed by atoms with van der Waals surface area (Å²) in [5.41, 5.74) is 13.4. The van der Waals surface area contributed by atoms with Gasteiger partial charge in [0.2, 0.25) is 0 Å². The van der Waals surface area contributed by atoms with Crippen molar-refractivity contribution in [2.75, 3.05) is 7.11 Å². The van der Waals surface area contributed by atoms with Crippen molar-refractivity contribution in [2.24, 2.45) is 11.8 Å². The summed E-state index contributed by atoms with van der Waals surface area (Å²) in [5.74, 6) is 3.86. The maximum absolute atomic E-state index is 6.69. The molecule has 0 N–H and O–H groups in total. The van der Waals surface area contributed by atoms with Crippen LogP contribution in [0.15, 0.2) is 79.3 Å². The zero-order valence-electron chi connectivity index (χ0n) is 35.4. The molecule has 6 nitrogen and oxygen atoms in total. The summed E-state index contributed by atoms with van der Waals surface area (Å²) in [4.78, 5) is 4.72. The van der Waals surface area contributed by atoms with Crippen LogP contribution in [-0.2, 0) is 39.3 Å². The first kappa shape index (κ1) is 41.9. The molecule has 3 heterocycles. The van der Waals surface area contributed by atoms with Crippen molar-refractivity contribution in [3.63, 3.8) is 0 Å². The molecule has 4 aromatic carbocycles. The zero-order chi connectivity index (χ0) is 39.9. The number of rotatable bonds is 12. The van der Waals surface area contributed by atoms with Crippen molar-refractivity contribution in [3.05, 3.63) is 125 Å². The minimum atomic E-state index is -0.145. The molecule has 0 radical (unpaired) electrons. The molecule has 0 amide bonds. The number of hydrogen-bond acceptors (Lipinski definition) is 4. The number of nitrogens with zero attached hydrogens (tertiary/aromatic N) is 4. The van der Waals surface area contributed by atoms with Gasteiger partial charge in [-0.3, -0.25) is 4.68 Å². The number of para-hydroxylation sites is 1. The molecule has 0 aliphatic rings. The fourth-order valence-electron chi connectivity index (χ4n) is 7.80. The molecule has 7 heteroatoms. The molecule has 57 heavy (non-hydrogen) atoms. The van der Waals surface area contributed by atoms with Crippen LogP contribution in [0.1, 0.15) is 94.7 Å². The molecule has 0 aliphatic carbocycles. The van der Waals surface area contributed by atoms with E-state index in [4.69, 9.17) is 19.6 Å². The van der Waals surface area contributed by atoms with Crippen molar-refractivity contribution < 1.29 is 30.5 Å². The van der Waals surface area contributed by atoms with E-state index in [1.54, 1.807) is 13.3 Å². The summed E-state index contributed by atoms with van der Waals surface area (Å²) in [5, 5.41) is 7.21. The van der Waals surface area contributed by atoms with Crippen molar-refractivity contribution in [1.29, 1.82) is 0 Å².